The van der Waals surface area contributed by atoms with Gasteiger partial charge in [0.05, 0.1) is 6.04 Å². The lowest BCUT2D eigenvalue weighted by Crippen LogP contribution is -2.13. The van der Waals surface area contributed by atoms with Crippen LogP contribution in [0.2, 0.25) is 5.02 Å². The molecule has 1 aliphatic rings. The molecule has 1 saturated carbocycles. The second kappa shape index (κ2) is 5.79. The second-order valence-corrected chi connectivity index (χ2v) is 6.88. The first kappa shape index (κ1) is 14.0. The van der Waals surface area contributed by atoms with Gasteiger partial charge in [-0.15, -0.1) is 0 Å². The number of hydrogen-bond donors (Lipinski definition) is 1. The highest BCUT2D eigenvalue weighted by Gasteiger charge is 2.32. The molecule has 1 atom stereocenters. The normalized spacial score (nSPS) is 15.9. The van der Waals surface area contributed by atoms with Crippen LogP contribution in [0.3, 0.4) is 0 Å². The first-order valence-corrected chi connectivity index (χ1v) is 8.08. The van der Waals surface area contributed by atoms with E-state index in [1.54, 1.807) is 0 Å². The van der Waals surface area contributed by atoms with Gasteiger partial charge in [0.2, 0.25) is 0 Å². The minimum Gasteiger partial charge on any atom is -0.378 e. The molecule has 1 fully saturated rings. The van der Waals surface area contributed by atoms with Crippen LogP contribution in [0.1, 0.15) is 30.0 Å². The molecule has 0 bridgehead atoms. The van der Waals surface area contributed by atoms with Gasteiger partial charge in [0.25, 0.3) is 0 Å². The van der Waals surface area contributed by atoms with E-state index in [0.717, 1.165) is 15.4 Å². The van der Waals surface area contributed by atoms with Crippen LogP contribution in [0, 0.1) is 12.8 Å². The van der Waals surface area contributed by atoms with E-state index in [0.29, 0.717) is 6.04 Å². The minimum atomic E-state index is 0.376. The number of nitrogens with one attached hydrogen (secondary N) is 1. The summed E-state index contributed by atoms with van der Waals surface area (Å²) in [6, 6.07) is 15.0. The fourth-order valence-electron chi connectivity index (χ4n) is 2.57. The number of benzene rings is 2. The first-order chi connectivity index (χ1) is 9.61. The van der Waals surface area contributed by atoms with Crippen molar-refractivity contribution in [3.05, 3.63) is 63.1 Å². The van der Waals surface area contributed by atoms with E-state index >= 15 is 0 Å². The first-order valence-electron chi connectivity index (χ1n) is 6.91. The minimum absolute atomic E-state index is 0.376. The number of aryl methyl sites for hydroxylation is 1. The van der Waals surface area contributed by atoms with Crippen LogP contribution >= 0.6 is 27.5 Å². The zero-order valence-corrected chi connectivity index (χ0v) is 13.7. The van der Waals surface area contributed by atoms with Gasteiger partial charge >= 0.3 is 0 Å². The number of hydrogen-bond acceptors (Lipinski definition) is 1. The van der Waals surface area contributed by atoms with Crippen molar-refractivity contribution in [3.8, 4) is 0 Å². The summed E-state index contributed by atoms with van der Waals surface area (Å²) < 4.78 is 1.12. The standard InChI is InChI=1S/C17H17BrClN/c1-11-8-14(18)10-16(9-11)20-17(12-2-3-12)13-4-6-15(19)7-5-13/h4-10,12,17,20H,2-3H2,1H3. The lowest BCUT2D eigenvalue weighted by Gasteiger charge is -2.21. The molecule has 1 N–H and O–H groups in total. The van der Waals surface area contributed by atoms with E-state index in [-0.39, 0.29) is 0 Å². The third-order valence-electron chi connectivity index (χ3n) is 3.69. The van der Waals surface area contributed by atoms with Crippen molar-refractivity contribution in [2.24, 2.45) is 5.92 Å². The molecule has 0 aromatic heterocycles. The van der Waals surface area contributed by atoms with Gasteiger partial charge in [-0.05, 0) is 67.1 Å². The third-order valence-corrected chi connectivity index (χ3v) is 4.40. The van der Waals surface area contributed by atoms with Crippen LogP contribution < -0.4 is 5.32 Å². The number of anilines is 1. The molecule has 0 spiro atoms. The molecular weight excluding hydrogens is 334 g/mol. The smallest absolute Gasteiger partial charge is 0.0542 e. The van der Waals surface area contributed by atoms with E-state index in [1.807, 2.05) is 12.1 Å². The van der Waals surface area contributed by atoms with Gasteiger partial charge in [-0.3, -0.25) is 0 Å². The highest BCUT2D eigenvalue weighted by molar-refractivity contribution is 9.10. The average Bonchev–Trinajstić information content (AvgIpc) is 3.20. The zero-order chi connectivity index (χ0) is 14.1. The van der Waals surface area contributed by atoms with Crippen LogP contribution in [-0.2, 0) is 0 Å². The van der Waals surface area contributed by atoms with E-state index in [1.165, 1.54) is 29.7 Å². The summed E-state index contributed by atoms with van der Waals surface area (Å²) in [5.74, 6) is 0.732. The Bertz CT molecular complexity index is 585. The third kappa shape index (κ3) is 3.36. The zero-order valence-electron chi connectivity index (χ0n) is 11.4. The van der Waals surface area contributed by atoms with Crippen molar-refractivity contribution >= 4 is 33.2 Å². The maximum Gasteiger partial charge on any atom is 0.0542 e. The highest BCUT2D eigenvalue weighted by Crippen LogP contribution is 2.43. The molecule has 0 heterocycles. The van der Waals surface area contributed by atoms with Gasteiger partial charge in [-0.2, -0.15) is 0 Å². The number of halogens is 2. The quantitative estimate of drug-likeness (QED) is 0.716. The summed E-state index contributed by atoms with van der Waals surface area (Å²) in [6.07, 6.45) is 2.60. The monoisotopic (exact) mass is 349 g/mol. The van der Waals surface area contributed by atoms with Gasteiger partial charge in [-0.25, -0.2) is 0 Å². The summed E-state index contributed by atoms with van der Waals surface area (Å²) in [5, 5.41) is 4.48. The molecule has 104 valence electrons. The molecule has 0 aliphatic heterocycles. The molecule has 2 aromatic rings. The van der Waals surface area contributed by atoms with E-state index in [2.05, 4.69) is 58.5 Å². The van der Waals surface area contributed by atoms with E-state index in [4.69, 9.17) is 11.6 Å². The second-order valence-electron chi connectivity index (χ2n) is 5.53. The molecule has 0 radical (unpaired) electrons. The lowest BCUT2D eigenvalue weighted by molar-refractivity contribution is 0.679. The molecule has 0 saturated heterocycles. The maximum atomic E-state index is 5.99. The Kier molecular flexibility index (Phi) is 4.04. The molecule has 1 aliphatic carbocycles. The molecule has 1 nitrogen and oxygen atoms in total. The largest absolute Gasteiger partial charge is 0.378 e. The summed E-state index contributed by atoms with van der Waals surface area (Å²) in [4.78, 5) is 0. The van der Waals surface area contributed by atoms with Crippen LogP contribution in [0.5, 0.6) is 0 Å². The summed E-state index contributed by atoms with van der Waals surface area (Å²) in [5.41, 5.74) is 3.74. The Morgan fingerprint density at radius 2 is 1.85 bits per heavy atom. The Labute approximate surface area is 133 Å². The Balaban J connectivity index is 1.86. The predicted octanol–water partition coefficient (Wildman–Crippen LogP) is 5.97. The fourth-order valence-corrected chi connectivity index (χ4v) is 3.31. The van der Waals surface area contributed by atoms with Crippen LogP contribution in [0.25, 0.3) is 0 Å². The van der Waals surface area contributed by atoms with Crippen molar-refractivity contribution in [2.75, 3.05) is 5.32 Å². The van der Waals surface area contributed by atoms with Crippen LogP contribution in [-0.4, -0.2) is 0 Å². The van der Waals surface area contributed by atoms with Gasteiger partial charge in [0.15, 0.2) is 0 Å². The van der Waals surface area contributed by atoms with Crippen LogP contribution in [0.4, 0.5) is 5.69 Å². The molecule has 3 heteroatoms. The molecule has 2 aromatic carbocycles. The van der Waals surface area contributed by atoms with Gasteiger partial charge in [0, 0.05) is 15.2 Å². The average molecular weight is 351 g/mol. The maximum absolute atomic E-state index is 5.99. The topological polar surface area (TPSA) is 12.0 Å². The molecule has 1 unspecified atom stereocenters. The van der Waals surface area contributed by atoms with Gasteiger partial charge < -0.3 is 5.32 Å². The molecular formula is C17H17BrClN. The molecule has 0 amide bonds. The SMILES string of the molecule is Cc1cc(Br)cc(NC(c2ccc(Cl)cc2)C2CC2)c1. The molecule has 3 rings (SSSR count). The Hall–Kier alpha value is -0.990. The van der Waals surface area contributed by atoms with Crippen molar-refractivity contribution in [1.29, 1.82) is 0 Å². The molecule has 20 heavy (non-hydrogen) atoms. The summed E-state index contributed by atoms with van der Waals surface area (Å²) >= 11 is 9.55. The Morgan fingerprint density at radius 3 is 2.45 bits per heavy atom. The van der Waals surface area contributed by atoms with Crippen molar-refractivity contribution in [3.63, 3.8) is 0 Å². The van der Waals surface area contributed by atoms with E-state index < -0.39 is 0 Å². The summed E-state index contributed by atoms with van der Waals surface area (Å²) in [7, 11) is 0. The van der Waals surface area contributed by atoms with Crippen molar-refractivity contribution in [2.45, 2.75) is 25.8 Å². The summed E-state index contributed by atoms with van der Waals surface area (Å²) in [6.45, 7) is 2.12. The fraction of sp³-hybridized carbons (Fsp3) is 0.294. The predicted molar refractivity (Wildman–Crippen MR) is 89.4 cm³/mol. The van der Waals surface area contributed by atoms with Gasteiger partial charge in [-0.1, -0.05) is 39.7 Å². The van der Waals surface area contributed by atoms with Gasteiger partial charge in [0.1, 0.15) is 0 Å². The Morgan fingerprint density at radius 1 is 1.15 bits per heavy atom. The number of rotatable bonds is 4. The highest BCUT2D eigenvalue weighted by atomic mass is 79.9. The van der Waals surface area contributed by atoms with E-state index in [9.17, 15) is 0 Å². The van der Waals surface area contributed by atoms with Crippen LogP contribution in [0.15, 0.2) is 46.9 Å². The lowest BCUT2D eigenvalue weighted by atomic mass is 10.0. The van der Waals surface area contributed by atoms with Crippen molar-refractivity contribution in [1.82, 2.24) is 0 Å². The van der Waals surface area contributed by atoms with Crippen molar-refractivity contribution < 1.29 is 0 Å².